The van der Waals surface area contributed by atoms with E-state index in [1.165, 1.54) is 16.9 Å². The summed E-state index contributed by atoms with van der Waals surface area (Å²) in [5.74, 6) is -0.364. The van der Waals surface area contributed by atoms with Gasteiger partial charge in [0.05, 0.1) is 5.56 Å². The third-order valence-electron chi connectivity index (χ3n) is 6.71. The van der Waals surface area contributed by atoms with Crippen molar-refractivity contribution >= 4 is 11.7 Å². The summed E-state index contributed by atoms with van der Waals surface area (Å²) in [6.45, 7) is 9.19. The number of hydrogen-bond acceptors (Lipinski definition) is 5. The van der Waals surface area contributed by atoms with Crippen LogP contribution in [0.1, 0.15) is 48.4 Å². The number of fused-ring (bicyclic) bond motifs is 2. The van der Waals surface area contributed by atoms with Gasteiger partial charge in [-0.15, -0.1) is 0 Å². The second-order valence-electron chi connectivity index (χ2n) is 7.98. The molecule has 154 valence electrons. The van der Waals surface area contributed by atoms with Crippen LogP contribution in [0.2, 0.25) is 0 Å². The molecule has 0 saturated heterocycles. The van der Waals surface area contributed by atoms with Gasteiger partial charge < -0.3 is 14.5 Å². The van der Waals surface area contributed by atoms with E-state index in [0.717, 1.165) is 25.3 Å². The first kappa shape index (κ1) is 18.9. The van der Waals surface area contributed by atoms with E-state index in [1.807, 2.05) is 12.1 Å². The zero-order chi connectivity index (χ0) is 20.9. The fraction of sp³-hybridized carbons (Fsp3) is 0.360. The molecule has 0 bridgehead atoms. The first-order chi connectivity index (χ1) is 14.7. The topological polar surface area (TPSA) is 45.7 Å². The molecule has 2 aliphatic heterocycles. The van der Waals surface area contributed by atoms with Gasteiger partial charge in [-0.3, -0.25) is 4.98 Å². The van der Waals surface area contributed by atoms with Gasteiger partial charge in [-0.1, -0.05) is 24.3 Å². The maximum absolute atomic E-state index is 13.0. The molecule has 1 aromatic carbocycles. The SMILES string of the molecule is CCN(CC)C1=CC(C2(C3c4ccccc4N3CC)OC(=O)c3cccnc32)C=C1. The van der Waals surface area contributed by atoms with Gasteiger partial charge in [-0.05, 0) is 51.1 Å². The lowest BCUT2D eigenvalue weighted by Crippen LogP contribution is -2.54. The van der Waals surface area contributed by atoms with Gasteiger partial charge >= 0.3 is 5.97 Å². The van der Waals surface area contributed by atoms with Crippen LogP contribution in [-0.4, -0.2) is 35.5 Å². The van der Waals surface area contributed by atoms with E-state index in [9.17, 15) is 4.79 Å². The van der Waals surface area contributed by atoms with E-state index >= 15 is 0 Å². The van der Waals surface area contributed by atoms with E-state index in [0.29, 0.717) is 5.56 Å². The number of hydrogen-bond donors (Lipinski definition) is 0. The van der Waals surface area contributed by atoms with Crippen molar-refractivity contribution in [2.75, 3.05) is 24.5 Å². The van der Waals surface area contributed by atoms with Crippen molar-refractivity contribution in [1.82, 2.24) is 9.88 Å². The van der Waals surface area contributed by atoms with Crippen LogP contribution in [0, 0.1) is 5.92 Å². The van der Waals surface area contributed by atoms with Crippen molar-refractivity contribution in [1.29, 1.82) is 0 Å². The second kappa shape index (κ2) is 7.01. The van der Waals surface area contributed by atoms with E-state index in [1.54, 1.807) is 6.20 Å². The maximum atomic E-state index is 13.0. The molecule has 0 spiro atoms. The number of allylic oxidation sites excluding steroid dienone is 1. The average Bonchev–Trinajstić information content (AvgIpc) is 3.35. The fourth-order valence-corrected chi connectivity index (χ4v) is 5.33. The lowest BCUT2D eigenvalue weighted by molar-refractivity contribution is -0.0454. The number of esters is 1. The number of aromatic nitrogens is 1. The van der Waals surface area contributed by atoms with Gasteiger partial charge in [0, 0.05) is 48.7 Å². The smallest absolute Gasteiger partial charge is 0.341 e. The van der Waals surface area contributed by atoms with Crippen LogP contribution < -0.4 is 4.90 Å². The second-order valence-corrected chi connectivity index (χ2v) is 7.98. The first-order valence-corrected chi connectivity index (χ1v) is 10.8. The summed E-state index contributed by atoms with van der Waals surface area (Å²) >= 11 is 0. The Labute approximate surface area is 177 Å². The molecular formula is C25H27N3O2. The number of rotatable bonds is 6. The summed E-state index contributed by atoms with van der Waals surface area (Å²) < 4.78 is 6.33. The largest absolute Gasteiger partial charge is 0.445 e. The van der Waals surface area contributed by atoms with Crippen molar-refractivity contribution in [2.24, 2.45) is 5.92 Å². The van der Waals surface area contributed by atoms with Crippen molar-refractivity contribution in [3.8, 4) is 0 Å². The van der Waals surface area contributed by atoms with Gasteiger partial charge in [0.15, 0.2) is 5.60 Å². The van der Waals surface area contributed by atoms with Gasteiger partial charge in [-0.2, -0.15) is 0 Å². The predicted octanol–water partition coefficient (Wildman–Crippen LogP) is 4.44. The quantitative estimate of drug-likeness (QED) is 0.670. The van der Waals surface area contributed by atoms with Crippen LogP contribution in [0.25, 0.3) is 0 Å². The number of carbonyl (C=O) groups excluding carboxylic acids is 1. The highest BCUT2D eigenvalue weighted by Gasteiger charge is 2.62. The zero-order valence-electron chi connectivity index (χ0n) is 17.7. The number of nitrogens with zero attached hydrogens (tertiary/aromatic N) is 3. The number of anilines is 1. The fourth-order valence-electron chi connectivity index (χ4n) is 5.33. The molecule has 0 N–H and O–H groups in total. The van der Waals surface area contributed by atoms with Crippen LogP contribution in [0.15, 0.2) is 66.5 Å². The number of likely N-dealkylation sites (N-methyl/N-ethyl adjacent to an activating group) is 2. The third-order valence-corrected chi connectivity index (χ3v) is 6.71. The Balaban J connectivity index is 1.69. The molecule has 2 aromatic rings. The van der Waals surface area contributed by atoms with Crippen LogP contribution in [0.3, 0.4) is 0 Å². The minimum Gasteiger partial charge on any atom is -0.445 e. The summed E-state index contributed by atoms with van der Waals surface area (Å²) in [6.07, 6.45) is 8.36. The normalized spacial score (nSPS) is 26.0. The standard InChI is InChI=1S/C25H27N3O2/c1-4-27(5-2)18-14-13-17(16-18)25(22-20(24(29)30-25)11-9-15-26-22)23-19-10-7-8-12-21(19)28(23)6-3/h7-17,23H,4-6H2,1-3H3. The molecule has 3 unspecified atom stereocenters. The molecule has 0 fully saturated rings. The van der Waals surface area contributed by atoms with Crippen LogP contribution in [-0.2, 0) is 10.3 Å². The molecule has 0 amide bonds. The molecule has 5 rings (SSSR count). The molecule has 3 aliphatic rings. The Hall–Kier alpha value is -3.08. The molecule has 1 aromatic heterocycles. The first-order valence-electron chi connectivity index (χ1n) is 10.8. The Morgan fingerprint density at radius 2 is 1.93 bits per heavy atom. The van der Waals surface area contributed by atoms with Crippen molar-refractivity contribution in [2.45, 2.75) is 32.4 Å². The molecule has 5 heteroatoms. The van der Waals surface area contributed by atoms with E-state index in [2.05, 4.69) is 73.1 Å². The molecule has 0 radical (unpaired) electrons. The van der Waals surface area contributed by atoms with Crippen LogP contribution in [0.5, 0.6) is 0 Å². The van der Waals surface area contributed by atoms with Crippen LogP contribution in [0.4, 0.5) is 5.69 Å². The summed E-state index contributed by atoms with van der Waals surface area (Å²) in [4.78, 5) is 22.4. The molecule has 0 saturated carbocycles. The number of ether oxygens (including phenoxy) is 1. The number of para-hydroxylation sites is 1. The minimum absolute atomic E-state index is 0.0687. The molecule has 1 aliphatic carbocycles. The van der Waals surface area contributed by atoms with Gasteiger partial charge in [0.1, 0.15) is 11.7 Å². The Bertz CT molecular complexity index is 1060. The van der Waals surface area contributed by atoms with Gasteiger partial charge in [0.2, 0.25) is 0 Å². The molecule has 30 heavy (non-hydrogen) atoms. The Kier molecular flexibility index (Phi) is 4.42. The van der Waals surface area contributed by atoms with E-state index < -0.39 is 5.60 Å². The van der Waals surface area contributed by atoms with Crippen molar-refractivity contribution in [3.05, 3.63) is 83.3 Å². The predicted molar refractivity (Wildman–Crippen MR) is 117 cm³/mol. The molecule has 3 atom stereocenters. The highest BCUT2D eigenvalue weighted by atomic mass is 16.6. The summed E-state index contributed by atoms with van der Waals surface area (Å²) in [7, 11) is 0. The van der Waals surface area contributed by atoms with E-state index in [-0.39, 0.29) is 17.9 Å². The van der Waals surface area contributed by atoms with E-state index in [4.69, 9.17) is 9.72 Å². The van der Waals surface area contributed by atoms with Crippen LogP contribution >= 0.6 is 0 Å². The lowest BCUT2D eigenvalue weighted by atomic mass is 9.71. The molecule has 3 heterocycles. The van der Waals surface area contributed by atoms with Crippen molar-refractivity contribution in [3.63, 3.8) is 0 Å². The number of pyridine rings is 1. The van der Waals surface area contributed by atoms with Crippen molar-refractivity contribution < 1.29 is 9.53 Å². The third kappa shape index (κ3) is 2.41. The summed E-state index contributed by atoms with van der Waals surface area (Å²) in [5, 5.41) is 0. The number of cyclic esters (lactones) is 1. The minimum atomic E-state index is -0.872. The Morgan fingerprint density at radius 3 is 2.70 bits per heavy atom. The number of benzene rings is 1. The highest BCUT2D eigenvalue weighted by molar-refractivity contribution is 5.95. The van der Waals surface area contributed by atoms with Gasteiger partial charge in [-0.25, -0.2) is 4.79 Å². The lowest BCUT2D eigenvalue weighted by Gasteiger charge is -2.53. The highest BCUT2D eigenvalue weighted by Crippen LogP contribution is 2.60. The zero-order valence-corrected chi connectivity index (χ0v) is 17.7. The number of carbonyl (C=O) groups is 1. The molecular weight excluding hydrogens is 374 g/mol. The van der Waals surface area contributed by atoms with Gasteiger partial charge in [0.25, 0.3) is 0 Å². The maximum Gasteiger partial charge on any atom is 0.341 e. The summed E-state index contributed by atoms with van der Waals surface area (Å²) in [5.41, 5.74) is 4.06. The average molecular weight is 402 g/mol. The monoisotopic (exact) mass is 401 g/mol. The summed E-state index contributed by atoms with van der Waals surface area (Å²) in [6, 6.07) is 12.0. The Morgan fingerprint density at radius 1 is 1.13 bits per heavy atom. The molecule has 5 nitrogen and oxygen atoms in total.